The molecule has 0 aliphatic carbocycles. The normalized spacial score (nSPS) is 10.5. The van der Waals surface area contributed by atoms with Gasteiger partial charge in [-0.05, 0) is 42.5 Å². The van der Waals surface area contributed by atoms with Gasteiger partial charge in [-0.15, -0.1) is 11.3 Å². The average Bonchev–Trinajstić information content (AvgIpc) is 3.27. The van der Waals surface area contributed by atoms with Crippen LogP contribution in [0.4, 0.5) is 10.5 Å². The minimum Gasteiger partial charge on any atom is -0.472 e. The summed E-state index contributed by atoms with van der Waals surface area (Å²) in [7, 11) is 0. The molecule has 1 aromatic carbocycles. The zero-order chi connectivity index (χ0) is 16.8. The lowest BCUT2D eigenvalue weighted by Crippen LogP contribution is -2.36. The summed E-state index contributed by atoms with van der Waals surface area (Å²) in [4.78, 5) is 15.8. The average molecular weight is 340 g/mol. The fourth-order valence-electron chi connectivity index (χ4n) is 2.46. The van der Waals surface area contributed by atoms with Gasteiger partial charge in [0.15, 0.2) is 0 Å². The smallest absolute Gasteiger partial charge is 0.322 e. The van der Waals surface area contributed by atoms with E-state index < -0.39 is 0 Å². The summed E-state index contributed by atoms with van der Waals surface area (Å²) < 4.78 is 5.13. The fourth-order valence-corrected chi connectivity index (χ4v) is 3.16. The molecule has 2 aromatic heterocycles. The van der Waals surface area contributed by atoms with Crippen LogP contribution in [0, 0.1) is 6.92 Å². The fraction of sp³-hybridized carbons (Fsp3) is 0.211. The van der Waals surface area contributed by atoms with Crippen LogP contribution in [0.3, 0.4) is 0 Å². The van der Waals surface area contributed by atoms with Gasteiger partial charge in [0.2, 0.25) is 0 Å². The van der Waals surface area contributed by atoms with Crippen molar-refractivity contribution < 1.29 is 9.21 Å². The molecule has 0 atom stereocenters. The summed E-state index contributed by atoms with van der Waals surface area (Å²) >= 11 is 1.71. The van der Waals surface area contributed by atoms with Crippen molar-refractivity contribution in [1.82, 2.24) is 4.90 Å². The number of rotatable bonds is 6. The number of nitrogens with zero attached hydrogens (tertiary/aromatic N) is 1. The molecule has 0 radical (unpaired) electrons. The highest BCUT2D eigenvalue weighted by Gasteiger charge is 2.15. The van der Waals surface area contributed by atoms with Gasteiger partial charge in [-0.3, -0.25) is 0 Å². The number of anilines is 1. The molecule has 0 aliphatic heterocycles. The number of thiophene rings is 1. The number of benzene rings is 1. The summed E-state index contributed by atoms with van der Waals surface area (Å²) in [6, 6.07) is 13.7. The Morgan fingerprint density at radius 3 is 2.79 bits per heavy atom. The molecule has 0 saturated heterocycles. The molecule has 0 aliphatic rings. The maximum atomic E-state index is 12.7. The summed E-state index contributed by atoms with van der Waals surface area (Å²) in [6.45, 7) is 3.17. The Morgan fingerprint density at radius 2 is 2.08 bits per heavy atom. The van der Waals surface area contributed by atoms with Crippen LogP contribution in [0.1, 0.15) is 16.0 Å². The van der Waals surface area contributed by atoms with Crippen LogP contribution >= 0.6 is 11.3 Å². The highest BCUT2D eigenvalue weighted by Crippen LogP contribution is 2.16. The number of furan rings is 1. The van der Waals surface area contributed by atoms with E-state index in [1.54, 1.807) is 23.9 Å². The van der Waals surface area contributed by atoms with Gasteiger partial charge in [0, 0.05) is 22.7 Å². The maximum absolute atomic E-state index is 12.7. The minimum atomic E-state index is -0.0953. The largest absolute Gasteiger partial charge is 0.472 e. The second-order valence-electron chi connectivity index (χ2n) is 5.63. The van der Waals surface area contributed by atoms with Crippen LogP contribution in [0.2, 0.25) is 0 Å². The highest BCUT2D eigenvalue weighted by atomic mass is 32.1. The van der Waals surface area contributed by atoms with Crippen LogP contribution in [-0.2, 0) is 13.0 Å². The van der Waals surface area contributed by atoms with E-state index in [1.165, 1.54) is 4.88 Å². The molecule has 5 heteroatoms. The molecule has 0 spiro atoms. The number of hydrogen-bond acceptors (Lipinski definition) is 3. The third-order valence-electron chi connectivity index (χ3n) is 3.84. The van der Waals surface area contributed by atoms with E-state index in [2.05, 4.69) is 16.8 Å². The van der Waals surface area contributed by atoms with Crippen molar-refractivity contribution in [2.24, 2.45) is 0 Å². The lowest BCUT2D eigenvalue weighted by molar-refractivity contribution is 0.210. The molecule has 0 unspecified atom stereocenters. The Balaban J connectivity index is 1.70. The number of carbonyl (C=O) groups is 1. The van der Waals surface area contributed by atoms with Crippen LogP contribution in [-0.4, -0.2) is 17.5 Å². The molecule has 3 aromatic rings. The van der Waals surface area contributed by atoms with E-state index in [-0.39, 0.29) is 6.03 Å². The van der Waals surface area contributed by atoms with Gasteiger partial charge in [-0.25, -0.2) is 4.79 Å². The minimum absolute atomic E-state index is 0.0953. The first-order valence-electron chi connectivity index (χ1n) is 7.87. The van der Waals surface area contributed by atoms with Gasteiger partial charge in [0.25, 0.3) is 0 Å². The molecular formula is C19H20N2O2S. The molecule has 24 heavy (non-hydrogen) atoms. The first-order valence-corrected chi connectivity index (χ1v) is 8.75. The number of nitrogens with one attached hydrogen (secondary N) is 1. The van der Waals surface area contributed by atoms with Crippen LogP contribution in [0.15, 0.2) is 64.8 Å². The second kappa shape index (κ2) is 7.84. The molecule has 1 N–H and O–H groups in total. The number of urea groups is 1. The monoisotopic (exact) mass is 340 g/mol. The van der Waals surface area contributed by atoms with E-state index in [9.17, 15) is 4.79 Å². The Labute approximate surface area is 145 Å². The zero-order valence-electron chi connectivity index (χ0n) is 13.6. The summed E-state index contributed by atoms with van der Waals surface area (Å²) in [6.07, 6.45) is 4.15. The summed E-state index contributed by atoms with van der Waals surface area (Å²) in [5.74, 6) is 0. The number of para-hydroxylation sites is 1. The SMILES string of the molecule is Cc1ccccc1NC(=O)N(CCc1cccs1)Cc1ccoc1. The second-order valence-corrected chi connectivity index (χ2v) is 6.66. The van der Waals surface area contributed by atoms with Gasteiger partial charge in [0.05, 0.1) is 19.1 Å². The van der Waals surface area contributed by atoms with E-state index in [4.69, 9.17) is 4.42 Å². The molecule has 0 fully saturated rings. The van der Waals surface area contributed by atoms with Crippen LogP contribution in [0.25, 0.3) is 0 Å². The quantitative estimate of drug-likeness (QED) is 0.692. The Kier molecular flexibility index (Phi) is 5.33. The molecule has 2 heterocycles. The Hall–Kier alpha value is -2.53. The van der Waals surface area contributed by atoms with E-state index in [0.717, 1.165) is 23.2 Å². The first-order chi connectivity index (χ1) is 11.7. The van der Waals surface area contributed by atoms with Crippen molar-refractivity contribution >= 4 is 23.1 Å². The van der Waals surface area contributed by atoms with Crippen molar-refractivity contribution in [3.8, 4) is 0 Å². The van der Waals surface area contributed by atoms with Crippen molar-refractivity contribution in [2.75, 3.05) is 11.9 Å². The summed E-state index contributed by atoms with van der Waals surface area (Å²) in [5.41, 5.74) is 2.88. The van der Waals surface area contributed by atoms with Crippen molar-refractivity contribution in [1.29, 1.82) is 0 Å². The predicted molar refractivity (Wildman–Crippen MR) is 97.3 cm³/mol. The zero-order valence-corrected chi connectivity index (χ0v) is 14.4. The lowest BCUT2D eigenvalue weighted by Gasteiger charge is -2.23. The van der Waals surface area contributed by atoms with E-state index in [0.29, 0.717) is 13.1 Å². The molecule has 124 valence electrons. The van der Waals surface area contributed by atoms with Gasteiger partial charge < -0.3 is 14.6 Å². The number of aryl methyl sites for hydroxylation is 1. The first kappa shape index (κ1) is 16.3. The molecule has 2 amide bonds. The number of hydrogen-bond donors (Lipinski definition) is 1. The molecule has 3 rings (SSSR count). The van der Waals surface area contributed by atoms with E-state index >= 15 is 0 Å². The third kappa shape index (κ3) is 4.26. The topological polar surface area (TPSA) is 45.5 Å². The standard InChI is InChI=1S/C19H20N2O2S/c1-15-5-2-3-7-18(15)20-19(22)21(13-16-9-11-23-14-16)10-8-17-6-4-12-24-17/h2-7,9,11-12,14H,8,10,13H2,1H3,(H,20,22). The van der Waals surface area contributed by atoms with Gasteiger partial charge in [-0.2, -0.15) is 0 Å². The van der Waals surface area contributed by atoms with Gasteiger partial charge >= 0.3 is 6.03 Å². The maximum Gasteiger partial charge on any atom is 0.322 e. The Bertz CT molecular complexity index is 767. The summed E-state index contributed by atoms with van der Waals surface area (Å²) in [5, 5.41) is 5.07. The van der Waals surface area contributed by atoms with Crippen molar-refractivity contribution in [3.63, 3.8) is 0 Å². The predicted octanol–water partition coefficient (Wildman–Crippen LogP) is 4.93. The number of amides is 2. The van der Waals surface area contributed by atoms with Gasteiger partial charge in [0.1, 0.15) is 0 Å². The van der Waals surface area contributed by atoms with Crippen LogP contribution in [0.5, 0.6) is 0 Å². The van der Waals surface area contributed by atoms with Crippen molar-refractivity contribution in [2.45, 2.75) is 19.9 Å². The van der Waals surface area contributed by atoms with E-state index in [1.807, 2.05) is 48.2 Å². The molecule has 0 bridgehead atoms. The number of carbonyl (C=O) groups excluding carboxylic acids is 1. The highest BCUT2D eigenvalue weighted by molar-refractivity contribution is 7.09. The molecule has 4 nitrogen and oxygen atoms in total. The van der Waals surface area contributed by atoms with Gasteiger partial charge in [-0.1, -0.05) is 24.3 Å². The molecule has 0 saturated carbocycles. The van der Waals surface area contributed by atoms with Crippen LogP contribution < -0.4 is 5.32 Å². The van der Waals surface area contributed by atoms with Crippen molar-refractivity contribution in [3.05, 3.63) is 76.4 Å². The Morgan fingerprint density at radius 1 is 1.21 bits per heavy atom. The third-order valence-corrected chi connectivity index (χ3v) is 4.77. The lowest BCUT2D eigenvalue weighted by atomic mass is 10.2. The molecular weight excluding hydrogens is 320 g/mol.